The topological polar surface area (TPSA) is 66.6 Å². The zero-order valence-corrected chi connectivity index (χ0v) is 13.8. The maximum absolute atomic E-state index is 12.9. The summed E-state index contributed by atoms with van der Waals surface area (Å²) in [5, 5.41) is 0. The van der Waals surface area contributed by atoms with E-state index in [0.717, 1.165) is 24.9 Å². The molecule has 1 aliphatic carbocycles. The van der Waals surface area contributed by atoms with Crippen molar-refractivity contribution in [3.05, 3.63) is 34.9 Å². The van der Waals surface area contributed by atoms with E-state index in [1.807, 2.05) is 19.2 Å². The second kappa shape index (κ2) is 6.71. The van der Waals surface area contributed by atoms with Crippen LogP contribution in [0.3, 0.4) is 0 Å². The Labute approximate surface area is 137 Å². The van der Waals surface area contributed by atoms with Crippen molar-refractivity contribution in [3.63, 3.8) is 0 Å². The molecule has 2 N–H and O–H groups in total. The molecule has 0 bridgehead atoms. The van der Waals surface area contributed by atoms with Crippen molar-refractivity contribution in [1.82, 2.24) is 9.80 Å². The molecule has 1 saturated heterocycles. The molecule has 0 radical (unpaired) electrons. The summed E-state index contributed by atoms with van der Waals surface area (Å²) in [6, 6.07) is 6.07. The monoisotopic (exact) mass is 315 g/mol. The molecule has 1 aliphatic heterocycles. The number of primary amides is 1. The largest absolute Gasteiger partial charge is 0.369 e. The van der Waals surface area contributed by atoms with Gasteiger partial charge in [0.05, 0.1) is 5.92 Å². The number of carbonyl (C=O) groups excluding carboxylic acids is 2. The summed E-state index contributed by atoms with van der Waals surface area (Å²) in [7, 11) is 1.96. The van der Waals surface area contributed by atoms with Crippen molar-refractivity contribution < 1.29 is 9.59 Å². The second-order valence-corrected chi connectivity index (χ2v) is 6.80. The lowest BCUT2D eigenvalue weighted by Crippen LogP contribution is -2.40. The molecule has 0 aromatic heterocycles. The van der Waals surface area contributed by atoms with E-state index in [2.05, 4.69) is 11.0 Å². The molecule has 2 amide bonds. The number of fused-ring (bicyclic) bond motifs is 1. The third-order valence-electron chi connectivity index (χ3n) is 5.01. The number of carbonyl (C=O) groups is 2. The Kier molecular flexibility index (Phi) is 4.66. The normalized spacial score (nSPS) is 22.3. The number of likely N-dealkylation sites (N-methyl/N-ethyl adjacent to an activating group) is 1. The number of nitrogens with two attached hydrogens (primary N) is 1. The molecule has 1 heterocycles. The average molecular weight is 315 g/mol. The second-order valence-electron chi connectivity index (χ2n) is 6.80. The minimum absolute atomic E-state index is 0.0138. The molecule has 2 aliphatic rings. The van der Waals surface area contributed by atoms with Gasteiger partial charge in [0.1, 0.15) is 0 Å². The minimum Gasteiger partial charge on any atom is -0.369 e. The van der Waals surface area contributed by atoms with Crippen LogP contribution in [0.2, 0.25) is 0 Å². The van der Waals surface area contributed by atoms with Gasteiger partial charge in [0, 0.05) is 31.7 Å². The molecule has 1 aromatic rings. The first-order valence-corrected chi connectivity index (χ1v) is 8.43. The summed E-state index contributed by atoms with van der Waals surface area (Å²) in [6.45, 7) is 2.43. The number of amides is 2. The Bertz CT molecular complexity index is 614. The Hall–Kier alpha value is -1.88. The minimum atomic E-state index is -0.331. The standard InChI is InChI=1S/C18H25N3O2/c1-20-8-9-21(12-16(11-20)17(19)22)18(23)15-7-6-13-4-2-3-5-14(13)10-15/h6-7,10,16H,2-5,8-9,11-12H2,1H3,(H2,19,22)/t16-/m1/s1. The molecule has 0 saturated carbocycles. The third kappa shape index (κ3) is 3.55. The molecule has 0 unspecified atom stereocenters. The Morgan fingerprint density at radius 3 is 2.57 bits per heavy atom. The first-order chi connectivity index (χ1) is 11.0. The van der Waals surface area contributed by atoms with Crippen molar-refractivity contribution >= 4 is 11.8 Å². The van der Waals surface area contributed by atoms with Crippen LogP contribution >= 0.6 is 0 Å². The summed E-state index contributed by atoms with van der Waals surface area (Å²) >= 11 is 0. The van der Waals surface area contributed by atoms with Gasteiger partial charge in [0.2, 0.25) is 5.91 Å². The summed E-state index contributed by atoms with van der Waals surface area (Å²) in [5.74, 6) is -0.619. The molecule has 3 rings (SSSR count). The number of benzene rings is 1. The number of aryl methyl sites for hydroxylation is 2. The van der Waals surface area contributed by atoms with Crippen LogP contribution in [0.5, 0.6) is 0 Å². The molecule has 1 atom stereocenters. The van der Waals surface area contributed by atoms with E-state index in [1.165, 1.54) is 24.0 Å². The maximum atomic E-state index is 12.9. The lowest BCUT2D eigenvalue weighted by Gasteiger charge is -2.24. The fraction of sp³-hybridized carbons (Fsp3) is 0.556. The molecule has 1 aromatic carbocycles. The van der Waals surface area contributed by atoms with E-state index in [-0.39, 0.29) is 17.7 Å². The van der Waals surface area contributed by atoms with Crippen molar-refractivity contribution in [2.24, 2.45) is 11.7 Å². The highest BCUT2D eigenvalue weighted by molar-refractivity contribution is 5.95. The Balaban J connectivity index is 1.79. The van der Waals surface area contributed by atoms with Crippen LogP contribution in [0.4, 0.5) is 0 Å². The zero-order valence-electron chi connectivity index (χ0n) is 13.8. The quantitative estimate of drug-likeness (QED) is 0.887. The van der Waals surface area contributed by atoms with E-state index < -0.39 is 0 Å². The van der Waals surface area contributed by atoms with Crippen molar-refractivity contribution in [2.75, 3.05) is 33.2 Å². The Morgan fingerprint density at radius 2 is 1.83 bits per heavy atom. The van der Waals surface area contributed by atoms with Gasteiger partial charge in [-0.05, 0) is 56.0 Å². The van der Waals surface area contributed by atoms with Crippen LogP contribution in [-0.4, -0.2) is 54.8 Å². The predicted molar refractivity (Wildman–Crippen MR) is 89.2 cm³/mol. The molecular weight excluding hydrogens is 290 g/mol. The van der Waals surface area contributed by atoms with E-state index in [4.69, 9.17) is 5.73 Å². The molecule has 5 nitrogen and oxygen atoms in total. The molecule has 5 heteroatoms. The number of rotatable bonds is 2. The van der Waals surface area contributed by atoms with Gasteiger partial charge >= 0.3 is 0 Å². The van der Waals surface area contributed by atoms with Gasteiger partial charge in [-0.15, -0.1) is 0 Å². The van der Waals surface area contributed by atoms with E-state index in [1.54, 1.807) is 4.90 Å². The van der Waals surface area contributed by atoms with E-state index >= 15 is 0 Å². The van der Waals surface area contributed by atoms with Crippen LogP contribution in [0.25, 0.3) is 0 Å². The fourth-order valence-electron chi connectivity index (χ4n) is 3.59. The van der Waals surface area contributed by atoms with Crippen LogP contribution in [0, 0.1) is 5.92 Å². The lowest BCUT2D eigenvalue weighted by atomic mass is 9.90. The molecular formula is C18H25N3O2. The van der Waals surface area contributed by atoms with Gasteiger partial charge in [-0.1, -0.05) is 6.07 Å². The van der Waals surface area contributed by atoms with Crippen LogP contribution in [-0.2, 0) is 17.6 Å². The van der Waals surface area contributed by atoms with Crippen molar-refractivity contribution in [2.45, 2.75) is 25.7 Å². The van der Waals surface area contributed by atoms with Crippen molar-refractivity contribution in [3.8, 4) is 0 Å². The van der Waals surface area contributed by atoms with Gasteiger partial charge in [-0.25, -0.2) is 0 Å². The van der Waals surface area contributed by atoms with Crippen LogP contribution in [0.15, 0.2) is 18.2 Å². The maximum Gasteiger partial charge on any atom is 0.253 e. The van der Waals surface area contributed by atoms with E-state index in [9.17, 15) is 9.59 Å². The molecule has 23 heavy (non-hydrogen) atoms. The van der Waals surface area contributed by atoms with Crippen LogP contribution < -0.4 is 5.73 Å². The summed E-state index contributed by atoms with van der Waals surface area (Å²) in [4.78, 5) is 28.3. The third-order valence-corrected chi connectivity index (χ3v) is 5.01. The highest BCUT2D eigenvalue weighted by Crippen LogP contribution is 2.23. The summed E-state index contributed by atoms with van der Waals surface area (Å²) < 4.78 is 0. The lowest BCUT2D eigenvalue weighted by molar-refractivity contribution is -0.122. The number of nitrogens with zero attached hydrogens (tertiary/aromatic N) is 2. The summed E-state index contributed by atoms with van der Waals surface area (Å²) in [6.07, 6.45) is 4.60. The van der Waals surface area contributed by atoms with Gasteiger partial charge in [-0.3, -0.25) is 9.59 Å². The summed E-state index contributed by atoms with van der Waals surface area (Å²) in [5.41, 5.74) is 8.90. The zero-order chi connectivity index (χ0) is 16.4. The average Bonchev–Trinajstić information content (AvgIpc) is 2.76. The highest BCUT2D eigenvalue weighted by atomic mass is 16.2. The molecule has 1 fully saturated rings. The first kappa shape index (κ1) is 16.0. The molecule has 0 spiro atoms. The van der Waals surface area contributed by atoms with Gasteiger partial charge in [0.15, 0.2) is 0 Å². The number of hydrogen-bond donors (Lipinski definition) is 1. The van der Waals surface area contributed by atoms with Gasteiger partial charge < -0.3 is 15.5 Å². The van der Waals surface area contributed by atoms with Gasteiger partial charge in [-0.2, -0.15) is 0 Å². The molecule has 124 valence electrons. The van der Waals surface area contributed by atoms with E-state index in [0.29, 0.717) is 19.6 Å². The van der Waals surface area contributed by atoms with Crippen LogP contribution in [0.1, 0.15) is 34.3 Å². The first-order valence-electron chi connectivity index (χ1n) is 8.43. The fourth-order valence-corrected chi connectivity index (χ4v) is 3.59. The Morgan fingerprint density at radius 1 is 1.09 bits per heavy atom. The highest BCUT2D eigenvalue weighted by Gasteiger charge is 2.28. The SMILES string of the molecule is CN1CCN(C(=O)c2ccc3c(c2)CCCC3)C[C@H](C(N)=O)C1. The van der Waals surface area contributed by atoms with Gasteiger partial charge in [0.25, 0.3) is 5.91 Å². The van der Waals surface area contributed by atoms with Crippen molar-refractivity contribution in [1.29, 1.82) is 0 Å². The number of hydrogen-bond acceptors (Lipinski definition) is 3. The predicted octanol–water partition coefficient (Wildman–Crippen LogP) is 1.05. The smallest absolute Gasteiger partial charge is 0.253 e.